The van der Waals surface area contributed by atoms with Gasteiger partial charge < -0.3 is 11.1 Å². The number of nitrogens with one attached hydrogen (secondary N) is 2. The predicted octanol–water partition coefficient (Wildman–Crippen LogP) is 0.559. The van der Waals surface area contributed by atoms with Gasteiger partial charge in [0, 0.05) is 7.05 Å². The highest BCUT2D eigenvalue weighted by Crippen LogP contribution is 2.25. The average Bonchev–Trinajstić information content (AvgIpc) is 2.68. The van der Waals surface area contributed by atoms with Crippen molar-refractivity contribution in [3.8, 4) is 0 Å². The Hall–Kier alpha value is -1.56. The van der Waals surface area contributed by atoms with E-state index < -0.39 is 6.04 Å². The summed E-state index contributed by atoms with van der Waals surface area (Å²) in [6.45, 7) is 0. The molecule has 100 valence electrons. The first-order valence-electron chi connectivity index (χ1n) is 6.40. The van der Waals surface area contributed by atoms with Crippen LogP contribution in [-0.2, 0) is 11.8 Å². The first-order valence-corrected chi connectivity index (χ1v) is 6.40. The quantitative estimate of drug-likeness (QED) is 0.733. The van der Waals surface area contributed by atoms with E-state index >= 15 is 0 Å². The van der Waals surface area contributed by atoms with Crippen LogP contribution < -0.4 is 16.6 Å². The molecular weight excluding hydrogens is 232 g/mol. The molecule has 6 heteroatoms. The van der Waals surface area contributed by atoms with Gasteiger partial charge in [-0.25, -0.2) is 0 Å². The molecule has 0 aromatic carbocycles. The SMILES string of the molecule is Cn1cc(NC(=O)[C@H](N)C2CCCCC2)c(=O)[nH]1. The molecule has 18 heavy (non-hydrogen) atoms. The van der Waals surface area contributed by atoms with Crippen molar-refractivity contribution in [2.24, 2.45) is 18.7 Å². The van der Waals surface area contributed by atoms with Gasteiger partial charge in [-0.05, 0) is 18.8 Å². The third kappa shape index (κ3) is 2.81. The van der Waals surface area contributed by atoms with Gasteiger partial charge in [-0.15, -0.1) is 0 Å². The molecule has 1 amide bonds. The summed E-state index contributed by atoms with van der Waals surface area (Å²) in [5, 5.41) is 5.14. The zero-order valence-electron chi connectivity index (χ0n) is 10.6. The van der Waals surface area contributed by atoms with E-state index in [4.69, 9.17) is 5.73 Å². The van der Waals surface area contributed by atoms with E-state index in [1.807, 2.05) is 0 Å². The van der Waals surface area contributed by atoms with E-state index in [-0.39, 0.29) is 23.1 Å². The Bertz CT molecular complexity index is 471. The first kappa shape index (κ1) is 12.9. The predicted molar refractivity (Wildman–Crippen MR) is 69.2 cm³/mol. The number of anilines is 1. The molecule has 1 fully saturated rings. The van der Waals surface area contributed by atoms with Crippen molar-refractivity contribution in [2.45, 2.75) is 38.1 Å². The maximum absolute atomic E-state index is 12.0. The fourth-order valence-corrected chi connectivity index (χ4v) is 2.52. The molecule has 1 heterocycles. The van der Waals surface area contributed by atoms with Gasteiger partial charge in [0.1, 0.15) is 5.69 Å². The zero-order valence-corrected chi connectivity index (χ0v) is 10.6. The Balaban J connectivity index is 1.98. The number of aryl methyl sites for hydroxylation is 1. The minimum absolute atomic E-state index is 0.238. The van der Waals surface area contributed by atoms with Crippen LogP contribution in [0.1, 0.15) is 32.1 Å². The summed E-state index contributed by atoms with van der Waals surface area (Å²) in [5.41, 5.74) is 5.92. The number of nitrogens with zero attached hydrogens (tertiary/aromatic N) is 1. The van der Waals surface area contributed by atoms with Gasteiger partial charge in [0.15, 0.2) is 0 Å². The number of carbonyl (C=O) groups is 1. The summed E-state index contributed by atoms with van der Waals surface area (Å²) < 4.78 is 1.50. The smallest absolute Gasteiger partial charge is 0.287 e. The molecule has 6 nitrogen and oxygen atoms in total. The van der Waals surface area contributed by atoms with E-state index in [1.165, 1.54) is 11.1 Å². The number of hydrogen-bond donors (Lipinski definition) is 3. The summed E-state index contributed by atoms with van der Waals surface area (Å²) in [4.78, 5) is 23.4. The molecule has 1 aromatic rings. The van der Waals surface area contributed by atoms with Crippen LogP contribution in [0.3, 0.4) is 0 Å². The highest BCUT2D eigenvalue weighted by Gasteiger charge is 2.26. The third-order valence-corrected chi connectivity index (χ3v) is 3.56. The van der Waals surface area contributed by atoms with E-state index in [0.29, 0.717) is 0 Å². The van der Waals surface area contributed by atoms with Crippen LogP contribution in [0.4, 0.5) is 5.69 Å². The average molecular weight is 252 g/mol. The summed E-state index contributed by atoms with van der Waals surface area (Å²) in [5.74, 6) is -0.0276. The van der Waals surface area contributed by atoms with Crippen LogP contribution in [0.5, 0.6) is 0 Å². The van der Waals surface area contributed by atoms with Crippen molar-refractivity contribution in [1.82, 2.24) is 9.78 Å². The molecule has 0 bridgehead atoms. The molecule has 1 atom stereocenters. The second-order valence-corrected chi connectivity index (χ2v) is 5.01. The Morgan fingerprint density at radius 2 is 2.17 bits per heavy atom. The lowest BCUT2D eigenvalue weighted by atomic mass is 9.84. The number of hydrogen-bond acceptors (Lipinski definition) is 3. The molecule has 1 aliphatic carbocycles. The van der Waals surface area contributed by atoms with Gasteiger partial charge in [-0.3, -0.25) is 19.4 Å². The van der Waals surface area contributed by atoms with Crippen LogP contribution in [-0.4, -0.2) is 21.7 Å². The lowest BCUT2D eigenvalue weighted by Gasteiger charge is -2.26. The van der Waals surface area contributed by atoms with Crippen molar-refractivity contribution in [3.63, 3.8) is 0 Å². The van der Waals surface area contributed by atoms with Gasteiger partial charge in [-0.1, -0.05) is 19.3 Å². The molecule has 0 unspecified atom stereocenters. The number of rotatable bonds is 3. The molecule has 0 aliphatic heterocycles. The van der Waals surface area contributed by atoms with Crippen molar-refractivity contribution in [3.05, 3.63) is 16.6 Å². The van der Waals surface area contributed by atoms with Gasteiger partial charge in [-0.2, -0.15) is 0 Å². The van der Waals surface area contributed by atoms with Crippen LogP contribution >= 0.6 is 0 Å². The number of H-pyrrole nitrogens is 1. The minimum atomic E-state index is -0.523. The number of aromatic nitrogens is 2. The van der Waals surface area contributed by atoms with E-state index in [1.54, 1.807) is 13.2 Å². The van der Waals surface area contributed by atoms with Crippen molar-refractivity contribution < 1.29 is 4.79 Å². The molecule has 0 radical (unpaired) electrons. The maximum atomic E-state index is 12.0. The van der Waals surface area contributed by atoms with Crippen molar-refractivity contribution in [1.29, 1.82) is 0 Å². The molecule has 2 rings (SSSR count). The molecule has 1 aliphatic rings. The molecular formula is C12H20N4O2. The van der Waals surface area contributed by atoms with Gasteiger partial charge in [0.05, 0.1) is 12.2 Å². The molecule has 0 saturated heterocycles. The van der Waals surface area contributed by atoms with Crippen molar-refractivity contribution >= 4 is 11.6 Å². The second-order valence-electron chi connectivity index (χ2n) is 5.01. The molecule has 1 aromatic heterocycles. The first-order chi connectivity index (χ1) is 8.58. The van der Waals surface area contributed by atoms with Crippen LogP contribution in [0.2, 0.25) is 0 Å². The topological polar surface area (TPSA) is 92.9 Å². The zero-order chi connectivity index (χ0) is 13.1. The highest BCUT2D eigenvalue weighted by molar-refractivity contribution is 5.94. The van der Waals surface area contributed by atoms with Crippen LogP contribution in [0.25, 0.3) is 0 Å². The number of carbonyl (C=O) groups excluding carboxylic acids is 1. The Morgan fingerprint density at radius 3 is 2.72 bits per heavy atom. The lowest BCUT2D eigenvalue weighted by molar-refractivity contribution is -0.118. The molecule has 4 N–H and O–H groups in total. The molecule has 1 saturated carbocycles. The van der Waals surface area contributed by atoms with Gasteiger partial charge in [0.2, 0.25) is 5.91 Å². The summed E-state index contributed by atoms with van der Waals surface area (Å²) in [7, 11) is 1.69. The molecule has 0 spiro atoms. The number of amides is 1. The fourth-order valence-electron chi connectivity index (χ4n) is 2.52. The minimum Gasteiger partial charge on any atom is -0.320 e. The van der Waals surface area contributed by atoms with E-state index in [2.05, 4.69) is 10.4 Å². The maximum Gasteiger partial charge on any atom is 0.287 e. The van der Waals surface area contributed by atoms with Crippen molar-refractivity contribution in [2.75, 3.05) is 5.32 Å². The summed E-state index contributed by atoms with van der Waals surface area (Å²) in [6, 6.07) is -0.523. The number of aromatic amines is 1. The largest absolute Gasteiger partial charge is 0.320 e. The number of nitrogens with two attached hydrogens (primary N) is 1. The Kier molecular flexibility index (Phi) is 3.86. The van der Waals surface area contributed by atoms with Gasteiger partial charge in [0.25, 0.3) is 5.56 Å². The lowest BCUT2D eigenvalue weighted by Crippen LogP contribution is -2.43. The van der Waals surface area contributed by atoms with E-state index in [9.17, 15) is 9.59 Å². The standard InChI is InChI=1S/C12H20N4O2/c1-16-7-9(11(17)15-16)14-12(18)10(13)8-5-3-2-4-6-8/h7-8,10H,2-6,13H2,1H3,(H,14,18)(H,15,17)/t10-/m1/s1. The summed E-state index contributed by atoms with van der Waals surface area (Å²) in [6.07, 6.45) is 7.05. The van der Waals surface area contributed by atoms with Crippen LogP contribution in [0.15, 0.2) is 11.0 Å². The highest BCUT2D eigenvalue weighted by atomic mass is 16.2. The van der Waals surface area contributed by atoms with Gasteiger partial charge >= 0.3 is 0 Å². The normalized spacial score (nSPS) is 18.6. The monoisotopic (exact) mass is 252 g/mol. The summed E-state index contributed by atoms with van der Waals surface area (Å²) >= 11 is 0. The van der Waals surface area contributed by atoms with Crippen LogP contribution in [0, 0.1) is 5.92 Å². The second kappa shape index (κ2) is 5.39. The Morgan fingerprint density at radius 1 is 1.50 bits per heavy atom. The fraction of sp³-hybridized carbons (Fsp3) is 0.667. The Labute approximate surface area is 106 Å². The third-order valence-electron chi connectivity index (χ3n) is 3.56. The van der Waals surface area contributed by atoms with E-state index in [0.717, 1.165) is 25.7 Å².